The van der Waals surface area contributed by atoms with Crippen molar-refractivity contribution in [3.8, 4) is 11.1 Å². The van der Waals surface area contributed by atoms with Gasteiger partial charge in [-0.05, 0) is 30.2 Å². The molecule has 0 radical (unpaired) electrons. The zero-order chi connectivity index (χ0) is 18.7. The van der Waals surface area contributed by atoms with Crippen molar-refractivity contribution in [2.75, 3.05) is 26.2 Å². The first-order valence-corrected chi connectivity index (χ1v) is 9.63. The van der Waals surface area contributed by atoms with Crippen LogP contribution in [0.3, 0.4) is 0 Å². The topological polar surface area (TPSA) is 96.6 Å². The third-order valence-corrected chi connectivity index (χ3v) is 5.33. The van der Waals surface area contributed by atoms with Gasteiger partial charge in [0.15, 0.2) is 0 Å². The molecule has 2 N–H and O–H groups in total. The van der Waals surface area contributed by atoms with E-state index in [2.05, 4.69) is 4.98 Å². The van der Waals surface area contributed by atoms with Crippen LogP contribution in [0.25, 0.3) is 11.1 Å². The van der Waals surface area contributed by atoms with Crippen molar-refractivity contribution in [3.63, 3.8) is 0 Å². The maximum Gasteiger partial charge on any atom is 0.276 e. The minimum atomic E-state index is -3.76. The van der Waals surface area contributed by atoms with Crippen LogP contribution < -0.4 is 5.14 Å². The van der Waals surface area contributed by atoms with Crippen molar-refractivity contribution in [2.45, 2.75) is 6.42 Å². The maximum atomic E-state index is 13.4. The average molecular weight is 378 g/mol. The van der Waals surface area contributed by atoms with E-state index in [1.807, 2.05) is 0 Å². The van der Waals surface area contributed by atoms with E-state index in [1.165, 1.54) is 22.6 Å². The van der Waals surface area contributed by atoms with E-state index in [9.17, 15) is 17.6 Å². The fourth-order valence-electron chi connectivity index (χ4n) is 2.92. The molecular weight excluding hydrogens is 359 g/mol. The molecular formula is C17H19FN4O3S. The van der Waals surface area contributed by atoms with Crippen LogP contribution in [0.1, 0.15) is 16.8 Å². The Labute approximate surface area is 151 Å². The van der Waals surface area contributed by atoms with Gasteiger partial charge in [0.1, 0.15) is 5.82 Å². The summed E-state index contributed by atoms with van der Waals surface area (Å²) in [5.74, 6) is -0.609. The van der Waals surface area contributed by atoms with Crippen LogP contribution in [0.5, 0.6) is 0 Å². The Kier molecular flexibility index (Phi) is 5.30. The minimum Gasteiger partial charge on any atom is -0.337 e. The molecule has 1 aliphatic rings. The predicted octanol–water partition coefficient (Wildman–Crippen LogP) is 1.24. The van der Waals surface area contributed by atoms with Gasteiger partial charge in [-0.15, -0.1) is 0 Å². The second kappa shape index (κ2) is 7.48. The highest BCUT2D eigenvalue weighted by Crippen LogP contribution is 2.21. The van der Waals surface area contributed by atoms with Gasteiger partial charge in [-0.2, -0.15) is 12.7 Å². The van der Waals surface area contributed by atoms with Crippen LogP contribution in [0.15, 0.2) is 42.7 Å². The lowest BCUT2D eigenvalue weighted by Gasteiger charge is -2.21. The number of pyridine rings is 1. The Hall–Kier alpha value is -2.36. The fourth-order valence-corrected chi connectivity index (χ4v) is 3.64. The summed E-state index contributed by atoms with van der Waals surface area (Å²) in [5.41, 5.74) is 1.63. The lowest BCUT2D eigenvalue weighted by atomic mass is 10.1. The summed E-state index contributed by atoms with van der Waals surface area (Å²) in [4.78, 5) is 18.4. The first-order valence-electron chi connectivity index (χ1n) is 8.13. The predicted molar refractivity (Wildman–Crippen MR) is 94.8 cm³/mol. The van der Waals surface area contributed by atoms with E-state index in [0.717, 1.165) is 0 Å². The molecule has 0 unspecified atom stereocenters. The molecule has 0 spiro atoms. The molecule has 1 aromatic heterocycles. The number of hydrogen-bond acceptors (Lipinski definition) is 4. The van der Waals surface area contributed by atoms with Gasteiger partial charge in [0.25, 0.3) is 16.1 Å². The second-order valence-electron chi connectivity index (χ2n) is 6.06. The molecule has 26 heavy (non-hydrogen) atoms. The van der Waals surface area contributed by atoms with Crippen LogP contribution in [0.2, 0.25) is 0 Å². The van der Waals surface area contributed by atoms with E-state index in [-0.39, 0.29) is 31.4 Å². The van der Waals surface area contributed by atoms with Gasteiger partial charge in [-0.25, -0.2) is 9.53 Å². The number of carbonyl (C=O) groups excluding carboxylic acids is 1. The molecule has 3 rings (SSSR count). The van der Waals surface area contributed by atoms with Crippen molar-refractivity contribution in [2.24, 2.45) is 5.14 Å². The molecule has 2 aromatic rings. The third-order valence-electron chi connectivity index (χ3n) is 4.25. The van der Waals surface area contributed by atoms with Crippen molar-refractivity contribution in [3.05, 3.63) is 54.1 Å². The summed E-state index contributed by atoms with van der Waals surface area (Å²) >= 11 is 0. The Balaban J connectivity index is 1.79. The standard InChI is InChI=1S/C17H19FN4O3S/c18-16-4-1-3-13(10-16)14-9-15(12-20-11-14)17(23)21-5-2-6-22(8-7-21)26(19,24)25/h1,3-4,9-12H,2,5-8H2,(H2,19,24,25). The number of amides is 1. The van der Waals surface area contributed by atoms with Crippen molar-refractivity contribution < 1.29 is 17.6 Å². The SMILES string of the molecule is NS(=O)(=O)N1CCCN(C(=O)c2cncc(-c3cccc(F)c3)c2)CC1. The van der Waals surface area contributed by atoms with Crippen LogP contribution in [0.4, 0.5) is 4.39 Å². The minimum absolute atomic E-state index is 0.154. The number of nitrogens with zero attached hydrogens (tertiary/aromatic N) is 3. The van der Waals surface area contributed by atoms with Gasteiger partial charge in [-0.1, -0.05) is 12.1 Å². The summed E-state index contributed by atoms with van der Waals surface area (Å²) < 4.78 is 37.5. The molecule has 7 nitrogen and oxygen atoms in total. The highest BCUT2D eigenvalue weighted by molar-refractivity contribution is 7.86. The Bertz CT molecular complexity index is 920. The van der Waals surface area contributed by atoms with E-state index in [0.29, 0.717) is 29.7 Å². The van der Waals surface area contributed by atoms with E-state index < -0.39 is 10.2 Å². The Morgan fingerprint density at radius 3 is 2.62 bits per heavy atom. The van der Waals surface area contributed by atoms with E-state index in [4.69, 9.17) is 5.14 Å². The highest BCUT2D eigenvalue weighted by atomic mass is 32.2. The third kappa shape index (κ3) is 4.24. The number of aromatic nitrogens is 1. The first-order chi connectivity index (χ1) is 12.3. The van der Waals surface area contributed by atoms with Gasteiger partial charge < -0.3 is 4.90 Å². The van der Waals surface area contributed by atoms with Crippen LogP contribution in [-0.2, 0) is 10.2 Å². The largest absolute Gasteiger partial charge is 0.337 e. The van der Waals surface area contributed by atoms with E-state index in [1.54, 1.807) is 29.3 Å². The zero-order valence-corrected chi connectivity index (χ0v) is 14.8. The smallest absolute Gasteiger partial charge is 0.276 e. The molecule has 0 bridgehead atoms. The summed E-state index contributed by atoms with van der Waals surface area (Å²) in [6, 6.07) is 7.72. The molecule has 9 heteroatoms. The summed E-state index contributed by atoms with van der Waals surface area (Å²) in [7, 11) is -3.76. The molecule has 0 saturated carbocycles. The number of nitrogens with two attached hydrogens (primary N) is 1. The van der Waals surface area contributed by atoms with Crippen LogP contribution >= 0.6 is 0 Å². The second-order valence-corrected chi connectivity index (χ2v) is 7.61. The Morgan fingerprint density at radius 2 is 1.88 bits per heavy atom. The van der Waals surface area contributed by atoms with Gasteiger partial charge >= 0.3 is 0 Å². The molecule has 138 valence electrons. The number of hydrogen-bond donors (Lipinski definition) is 1. The van der Waals surface area contributed by atoms with Crippen molar-refractivity contribution in [1.82, 2.24) is 14.2 Å². The van der Waals surface area contributed by atoms with Crippen molar-refractivity contribution >= 4 is 16.1 Å². The number of carbonyl (C=O) groups is 1. The van der Waals surface area contributed by atoms with Crippen molar-refractivity contribution in [1.29, 1.82) is 0 Å². The summed E-state index contributed by atoms with van der Waals surface area (Å²) in [5, 5.41) is 5.16. The molecule has 1 fully saturated rings. The molecule has 1 aliphatic heterocycles. The van der Waals surface area contributed by atoms with Gasteiger partial charge in [-0.3, -0.25) is 9.78 Å². The van der Waals surface area contributed by atoms with E-state index >= 15 is 0 Å². The monoisotopic (exact) mass is 378 g/mol. The molecule has 2 heterocycles. The van der Waals surface area contributed by atoms with Crippen LogP contribution in [0, 0.1) is 5.82 Å². The lowest BCUT2D eigenvalue weighted by molar-refractivity contribution is 0.0764. The first kappa shape index (κ1) is 18.4. The summed E-state index contributed by atoms with van der Waals surface area (Å²) in [6.45, 7) is 1.11. The average Bonchev–Trinajstić information content (AvgIpc) is 2.87. The quantitative estimate of drug-likeness (QED) is 0.869. The van der Waals surface area contributed by atoms with Gasteiger partial charge in [0.05, 0.1) is 5.56 Å². The Morgan fingerprint density at radius 1 is 1.08 bits per heavy atom. The van der Waals surface area contributed by atoms with Gasteiger partial charge in [0.2, 0.25) is 0 Å². The summed E-state index contributed by atoms with van der Waals surface area (Å²) in [6.07, 6.45) is 3.52. The normalized spacial score (nSPS) is 16.3. The maximum absolute atomic E-state index is 13.4. The molecule has 0 atom stereocenters. The molecule has 1 amide bonds. The molecule has 0 aliphatic carbocycles. The number of rotatable bonds is 3. The molecule has 1 saturated heterocycles. The number of benzene rings is 1. The zero-order valence-electron chi connectivity index (χ0n) is 14.0. The van der Waals surface area contributed by atoms with Crippen LogP contribution in [-0.4, -0.2) is 54.7 Å². The fraction of sp³-hybridized carbons (Fsp3) is 0.294. The van der Waals surface area contributed by atoms with Gasteiger partial charge in [0, 0.05) is 44.1 Å². The lowest BCUT2D eigenvalue weighted by Crippen LogP contribution is -2.40. The highest BCUT2D eigenvalue weighted by Gasteiger charge is 2.25. The number of halogens is 1. The molecule has 1 aromatic carbocycles.